The minimum absolute atomic E-state index is 0.176. The van der Waals surface area contributed by atoms with Crippen molar-refractivity contribution < 1.29 is 9.53 Å². The zero-order valence-electron chi connectivity index (χ0n) is 12.4. The largest absolute Gasteiger partial charge is 0.490 e. The first-order valence-corrected chi connectivity index (χ1v) is 7.64. The highest BCUT2D eigenvalue weighted by Crippen LogP contribution is 2.26. The highest BCUT2D eigenvalue weighted by Gasteiger charge is 2.16. The third-order valence-corrected chi connectivity index (χ3v) is 3.85. The van der Waals surface area contributed by atoms with Crippen molar-refractivity contribution in [2.45, 2.75) is 31.8 Å². The maximum Gasteiger partial charge on any atom is 0.255 e. The summed E-state index contributed by atoms with van der Waals surface area (Å²) in [6, 6.07) is 14.5. The lowest BCUT2D eigenvalue weighted by Gasteiger charge is -2.14. The molecule has 4 heteroatoms. The number of nitrogen functional groups attached to an aromatic ring is 1. The number of carbonyl (C=O) groups is 1. The van der Waals surface area contributed by atoms with Crippen LogP contribution in [0.1, 0.15) is 36.0 Å². The van der Waals surface area contributed by atoms with Gasteiger partial charge in [-0.3, -0.25) is 4.79 Å². The highest BCUT2D eigenvalue weighted by molar-refractivity contribution is 6.04. The van der Waals surface area contributed by atoms with E-state index in [0.717, 1.165) is 24.3 Å². The van der Waals surface area contributed by atoms with Crippen molar-refractivity contribution in [3.8, 4) is 5.75 Å². The number of carbonyl (C=O) groups excluding carboxylic acids is 1. The van der Waals surface area contributed by atoms with E-state index >= 15 is 0 Å². The van der Waals surface area contributed by atoms with Crippen molar-refractivity contribution in [2.24, 2.45) is 0 Å². The van der Waals surface area contributed by atoms with Gasteiger partial charge in [-0.2, -0.15) is 0 Å². The van der Waals surface area contributed by atoms with Crippen molar-refractivity contribution in [1.29, 1.82) is 0 Å². The van der Waals surface area contributed by atoms with E-state index < -0.39 is 0 Å². The number of nitrogens with one attached hydrogen (secondary N) is 1. The van der Waals surface area contributed by atoms with Crippen LogP contribution in [0.15, 0.2) is 48.5 Å². The van der Waals surface area contributed by atoms with E-state index in [-0.39, 0.29) is 5.91 Å². The molecule has 1 aliphatic rings. The summed E-state index contributed by atoms with van der Waals surface area (Å²) in [4.78, 5) is 12.2. The molecule has 0 heterocycles. The van der Waals surface area contributed by atoms with E-state index in [4.69, 9.17) is 10.5 Å². The number of hydrogen-bond acceptors (Lipinski definition) is 3. The van der Waals surface area contributed by atoms with Crippen molar-refractivity contribution >= 4 is 17.3 Å². The molecule has 1 aliphatic carbocycles. The van der Waals surface area contributed by atoms with E-state index in [9.17, 15) is 4.79 Å². The molecule has 0 aliphatic heterocycles. The number of ether oxygens (including phenoxy) is 1. The predicted octanol–water partition coefficient (Wildman–Crippen LogP) is 3.84. The monoisotopic (exact) mass is 296 g/mol. The number of hydrogen-bond donors (Lipinski definition) is 2. The minimum Gasteiger partial charge on any atom is -0.490 e. The molecule has 1 amide bonds. The fourth-order valence-corrected chi connectivity index (χ4v) is 2.73. The third kappa shape index (κ3) is 3.58. The van der Waals surface area contributed by atoms with Crippen LogP contribution < -0.4 is 15.8 Å². The van der Waals surface area contributed by atoms with E-state index in [2.05, 4.69) is 5.32 Å². The lowest BCUT2D eigenvalue weighted by molar-refractivity contribution is 0.102. The van der Waals surface area contributed by atoms with Gasteiger partial charge in [0.1, 0.15) is 5.75 Å². The van der Waals surface area contributed by atoms with E-state index in [1.807, 2.05) is 24.3 Å². The molecule has 1 fully saturated rings. The first-order chi connectivity index (χ1) is 10.7. The van der Waals surface area contributed by atoms with E-state index in [0.29, 0.717) is 17.4 Å². The smallest absolute Gasteiger partial charge is 0.255 e. The average Bonchev–Trinajstić information content (AvgIpc) is 3.00. The van der Waals surface area contributed by atoms with Crippen LogP contribution in [0, 0.1) is 0 Å². The summed E-state index contributed by atoms with van der Waals surface area (Å²) in [5.41, 5.74) is 7.55. The lowest BCUT2D eigenvalue weighted by Crippen LogP contribution is -2.13. The summed E-state index contributed by atoms with van der Waals surface area (Å²) in [5.74, 6) is 0.627. The number of benzene rings is 2. The van der Waals surface area contributed by atoms with Gasteiger partial charge in [0.15, 0.2) is 0 Å². The van der Waals surface area contributed by atoms with Crippen LogP contribution in [0.2, 0.25) is 0 Å². The molecule has 0 atom stereocenters. The summed E-state index contributed by atoms with van der Waals surface area (Å²) in [6.45, 7) is 0. The fourth-order valence-electron chi connectivity index (χ4n) is 2.73. The number of nitrogens with two attached hydrogens (primary N) is 1. The molecule has 2 aromatic carbocycles. The average molecular weight is 296 g/mol. The van der Waals surface area contributed by atoms with Gasteiger partial charge in [0.25, 0.3) is 5.91 Å². The van der Waals surface area contributed by atoms with Gasteiger partial charge in [-0.1, -0.05) is 12.1 Å². The van der Waals surface area contributed by atoms with Crippen LogP contribution in [-0.2, 0) is 0 Å². The molecule has 4 nitrogen and oxygen atoms in total. The Morgan fingerprint density at radius 1 is 1.09 bits per heavy atom. The molecule has 22 heavy (non-hydrogen) atoms. The number of amides is 1. The van der Waals surface area contributed by atoms with Gasteiger partial charge < -0.3 is 15.8 Å². The predicted molar refractivity (Wildman–Crippen MR) is 88.1 cm³/mol. The Labute approximate surface area is 130 Å². The molecule has 0 aromatic heterocycles. The molecule has 3 N–H and O–H groups in total. The molecule has 0 radical (unpaired) electrons. The van der Waals surface area contributed by atoms with Crippen LogP contribution in [0.4, 0.5) is 11.4 Å². The lowest BCUT2D eigenvalue weighted by atomic mass is 10.2. The topological polar surface area (TPSA) is 64.4 Å². The third-order valence-electron chi connectivity index (χ3n) is 3.85. The maximum atomic E-state index is 12.2. The summed E-state index contributed by atoms with van der Waals surface area (Å²) in [6.07, 6.45) is 4.99. The maximum absolute atomic E-state index is 12.2. The first-order valence-electron chi connectivity index (χ1n) is 7.64. The molecule has 0 unspecified atom stereocenters. The Kier molecular flexibility index (Phi) is 4.28. The molecule has 1 saturated carbocycles. The Bertz CT molecular complexity index is 664. The summed E-state index contributed by atoms with van der Waals surface area (Å²) in [5, 5.41) is 2.88. The van der Waals surface area contributed by atoms with Gasteiger partial charge in [0, 0.05) is 23.0 Å². The fraction of sp³-hybridized carbons (Fsp3) is 0.278. The van der Waals surface area contributed by atoms with Gasteiger partial charge in [-0.05, 0) is 56.0 Å². The van der Waals surface area contributed by atoms with Gasteiger partial charge in [0.05, 0.1) is 6.10 Å². The standard InChI is InChI=1S/C18H20N2O2/c19-14-6-3-5-13(11-14)18(21)20-15-7-4-10-17(12-15)22-16-8-1-2-9-16/h3-7,10-12,16H,1-2,8-9,19H2,(H,20,21). The first kappa shape index (κ1) is 14.4. The molecular weight excluding hydrogens is 276 g/mol. The van der Waals surface area contributed by atoms with Gasteiger partial charge in [-0.25, -0.2) is 0 Å². The van der Waals surface area contributed by atoms with Crippen LogP contribution >= 0.6 is 0 Å². The number of anilines is 2. The minimum atomic E-state index is -0.176. The zero-order valence-corrected chi connectivity index (χ0v) is 12.4. The molecule has 3 rings (SSSR count). The van der Waals surface area contributed by atoms with Crippen LogP contribution in [-0.4, -0.2) is 12.0 Å². The zero-order chi connectivity index (χ0) is 15.4. The highest BCUT2D eigenvalue weighted by atomic mass is 16.5. The Hall–Kier alpha value is -2.49. The van der Waals surface area contributed by atoms with Crippen LogP contribution in [0.5, 0.6) is 5.75 Å². The Morgan fingerprint density at radius 2 is 1.86 bits per heavy atom. The SMILES string of the molecule is Nc1cccc(C(=O)Nc2cccc(OC3CCCC3)c2)c1. The van der Waals surface area contributed by atoms with Gasteiger partial charge >= 0.3 is 0 Å². The molecule has 0 bridgehead atoms. The summed E-state index contributed by atoms with van der Waals surface area (Å²) in [7, 11) is 0. The summed E-state index contributed by atoms with van der Waals surface area (Å²) < 4.78 is 5.95. The van der Waals surface area contributed by atoms with Crippen molar-refractivity contribution in [3.05, 3.63) is 54.1 Å². The van der Waals surface area contributed by atoms with Crippen LogP contribution in [0.25, 0.3) is 0 Å². The molecule has 0 saturated heterocycles. The van der Waals surface area contributed by atoms with Crippen LogP contribution in [0.3, 0.4) is 0 Å². The van der Waals surface area contributed by atoms with Crippen molar-refractivity contribution in [2.75, 3.05) is 11.1 Å². The second-order valence-corrected chi connectivity index (χ2v) is 5.63. The second kappa shape index (κ2) is 6.52. The molecule has 0 spiro atoms. The van der Waals surface area contributed by atoms with E-state index in [1.54, 1.807) is 24.3 Å². The van der Waals surface area contributed by atoms with Gasteiger partial charge in [-0.15, -0.1) is 0 Å². The molecular formula is C18H20N2O2. The van der Waals surface area contributed by atoms with Gasteiger partial charge in [0.2, 0.25) is 0 Å². The normalized spacial score (nSPS) is 14.7. The second-order valence-electron chi connectivity index (χ2n) is 5.63. The van der Waals surface area contributed by atoms with E-state index in [1.165, 1.54) is 12.8 Å². The Balaban J connectivity index is 1.68. The van der Waals surface area contributed by atoms with Crippen molar-refractivity contribution in [3.63, 3.8) is 0 Å². The summed E-state index contributed by atoms with van der Waals surface area (Å²) >= 11 is 0. The number of rotatable bonds is 4. The Morgan fingerprint density at radius 3 is 2.64 bits per heavy atom. The van der Waals surface area contributed by atoms with Crippen molar-refractivity contribution in [1.82, 2.24) is 0 Å². The molecule has 2 aromatic rings. The molecule has 114 valence electrons. The quantitative estimate of drug-likeness (QED) is 0.842.